The molecule has 0 amide bonds. The SMILES string of the molecule is Cc1cc(Cl)ccc1-n1nc(-c2cccc(Br)c2)c2c1NCC2. The summed E-state index contributed by atoms with van der Waals surface area (Å²) in [7, 11) is 0. The molecule has 4 rings (SSSR count). The van der Waals surface area contributed by atoms with E-state index in [4.69, 9.17) is 16.7 Å². The summed E-state index contributed by atoms with van der Waals surface area (Å²) in [6.45, 7) is 3.00. The van der Waals surface area contributed by atoms with Crippen molar-refractivity contribution in [1.82, 2.24) is 9.78 Å². The smallest absolute Gasteiger partial charge is 0.133 e. The highest BCUT2D eigenvalue weighted by Crippen LogP contribution is 2.36. The van der Waals surface area contributed by atoms with Crippen LogP contribution in [0.5, 0.6) is 0 Å². The molecule has 1 aliphatic rings. The summed E-state index contributed by atoms with van der Waals surface area (Å²) in [5.74, 6) is 1.09. The van der Waals surface area contributed by atoms with Crippen molar-refractivity contribution in [3.05, 3.63) is 63.1 Å². The lowest BCUT2D eigenvalue weighted by atomic mass is 10.1. The van der Waals surface area contributed by atoms with E-state index in [1.807, 2.05) is 35.0 Å². The van der Waals surface area contributed by atoms with E-state index in [1.54, 1.807) is 0 Å². The molecular formula is C18H15BrClN3. The topological polar surface area (TPSA) is 29.9 Å². The zero-order valence-corrected chi connectivity index (χ0v) is 14.9. The number of fused-ring (bicyclic) bond motifs is 1. The van der Waals surface area contributed by atoms with Gasteiger partial charge in [-0.25, -0.2) is 4.68 Å². The maximum Gasteiger partial charge on any atom is 0.133 e. The van der Waals surface area contributed by atoms with Crippen LogP contribution in [0.3, 0.4) is 0 Å². The van der Waals surface area contributed by atoms with Crippen LogP contribution in [-0.4, -0.2) is 16.3 Å². The molecule has 0 aliphatic carbocycles. The Morgan fingerprint density at radius 2 is 2.09 bits per heavy atom. The van der Waals surface area contributed by atoms with Gasteiger partial charge in [0.15, 0.2) is 0 Å². The van der Waals surface area contributed by atoms with Crippen LogP contribution in [0, 0.1) is 6.92 Å². The van der Waals surface area contributed by atoms with Crippen molar-refractivity contribution < 1.29 is 0 Å². The Kier molecular flexibility index (Phi) is 3.66. The van der Waals surface area contributed by atoms with Crippen LogP contribution in [0.4, 0.5) is 5.82 Å². The number of anilines is 1. The number of benzene rings is 2. The van der Waals surface area contributed by atoms with E-state index < -0.39 is 0 Å². The summed E-state index contributed by atoms with van der Waals surface area (Å²) in [4.78, 5) is 0. The van der Waals surface area contributed by atoms with Gasteiger partial charge in [-0.2, -0.15) is 5.10 Å². The molecule has 2 aromatic carbocycles. The molecule has 0 radical (unpaired) electrons. The van der Waals surface area contributed by atoms with Gasteiger partial charge in [-0.3, -0.25) is 0 Å². The predicted molar refractivity (Wildman–Crippen MR) is 98.6 cm³/mol. The van der Waals surface area contributed by atoms with Gasteiger partial charge in [-0.05, 0) is 49.2 Å². The fraction of sp³-hybridized carbons (Fsp3) is 0.167. The average Bonchev–Trinajstić information content (AvgIpc) is 3.10. The Balaban J connectivity index is 1.91. The van der Waals surface area contributed by atoms with Gasteiger partial charge in [-0.1, -0.05) is 39.7 Å². The number of nitrogens with zero attached hydrogens (tertiary/aromatic N) is 2. The zero-order valence-electron chi connectivity index (χ0n) is 12.6. The van der Waals surface area contributed by atoms with Crippen molar-refractivity contribution in [1.29, 1.82) is 0 Å². The quantitative estimate of drug-likeness (QED) is 0.651. The summed E-state index contributed by atoms with van der Waals surface area (Å²) < 4.78 is 3.07. The van der Waals surface area contributed by atoms with Gasteiger partial charge in [0.25, 0.3) is 0 Å². The average molecular weight is 389 g/mol. The molecule has 23 heavy (non-hydrogen) atoms. The van der Waals surface area contributed by atoms with Gasteiger partial charge in [0.2, 0.25) is 0 Å². The monoisotopic (exact) mass is 387 g/mol. The molecular weight excluding hydrogens is 374 g/mol. The summed E-state index contributed by atoms with van der Waals surface area (Å²) in [5, 5.41) is 9.11. The Morgan fingerprint density at radius 3 is 2.87 bits per heavy atom. The fourth-order valence-corrected chi connectivity index (χ4v) is 3.70. The number of rotatable bonds is 2. The Bertz CT molecular complexity index is 901. The van der Waals surface area contributed by atoms with E-state index in [2.05, 4.69) is 40.3 Å². The molecule has 0 unspecified atom stereocenters. The third-order valence-corrected chi connectivity index (χ3v) is 4.86. The van der Waals surface area contributed by atoms with Crippen LogP contribution in [-0.2, 0) is 6.42 Å². The first-order chi connectivity index (χ1) is 11.1. The van der Waals surface area contributed by atoms with E-state index in [0.29, 0.717) is 0 Å². The predicted octanol–water partition coefficient (Wildman–Crippen LogP) is 5.23. The molecule has 0 atom stereocenters. The van der Waals surface area contributed by atoms with Gasteiger partial charge < -0.3 is 5.32 Å². The van der Waals surface area contributed by atoms with Gasteiger partial charge in [0.1, 0.15) is 5.82 Å². The molecule has 5 heteroatoms. The van der Waals surface area contributed by atoms with Crippen molar-refractivity contribution in [2.45, 2.75) is 13.3 Å². The van der Waals surface area contributed by atoms with Crippen molar-refractivity contribution in [3.63, 3.8) is 0 Å². The molecule has 0 fully saturated rings. The Hall–Kier alpha value is -1.78. The highest BCUT2D eigenvalue weighted by Gasteiger charge is 2.24. The van der Waals surface area contributed by atoms with Crippen LogP contribution in [0.25, 0.3) is 16.9 Å². The van der Waals surface area contributed by atoms with Crippen molar-refractivity contribution in [2.24, 2.45) is 0 Å². The van der Waals surface area contributed by atoms with Gasteiger partial charge in [-0.15, -0.1) is 0 Å². The summed E-state index contributed by atoms with van der Waals surface area (Å²) in [5.41, 5.74) is 5.61. The second kappa shape index (κ2) is 5.69. The van der Waals surface area contributed by atoms with Crippen molar-refractivity contribution >= 4 is 33.3 Å². The molecule has 2 heterocycles. The third kappa shape index (κ3) is 2.56. The lowest BCUT2D eigenvalue weighted by molar-refractivity contribution is 0.875. The highest BCUT2D eigenvalue weighted by atomic mass is 79.9. The van der Waals surface area contributed by atoms with E-state index >= 15 is 0 Å². The number of aryl methyl sites for hydroxylation is 1. The molecule has 3 aromatic rings. The zero-order chi connectivity index (χ0) is 16.0. The molecule has 1 aromatic heterocycles. The van der Waals surface area contributed by atoms with E-state index in [9.17, 15) is 0 Å². The maximum absolute atomic E-state index is 6.09. The van der Waals surface area contributed by atoms with Crippen LogP contribution in [0.2, 0.25) is 5.02 Å². The standard InChI is InChI=1S/C18H15BrClN3/c1-11-9-14(20)5-6-16(11)23-18-15(7-8-21-18)17(22-23)12-3-2-4-13(19)10-12/h2-6,9-10,21H,7-8H2,1H3. The summed E-state index contributed by atoms with van der Waals surface area (Å²) >= 11 is 9.64. The normalized spacial score (nSPS) is 13.0. The minimum absolute atomic E-state index is 0.746. The largest absolute Gasteiger partial charge is 0.369 e. The van der Waals surface area contributed by atoms with Gasteiger partial charge in [0.05, 0.1) is 11.4 Å². The molecule has 0 spiro atoms. The first kappa shape index (κ1) is 14.8. The van der Waals surface area contributed by atoms with Crippen molar-refractivity contribution in [3.8, 4) is 16.9 Å². The van der Waals surface area contributed by atoms with Crippen LogP contribution >= 0.6 is 27.5 Å². The lowest BCUT2D eigenvalue weighted by Crippen LogP contribution is -2.05. The number of halogens is 2. The second-order valence-electron chi connectivity index (χ2n) is 5.71. The van der Waals surface area contributed by atoms with Crippen LogP contribution in [0.15, 0.2) is 46.9 Å². The van der Waals surface area contributed by atoms with Gasteiger partial charge in [0, 0.05) is 27.2 Å². The highest BCUT2D eigenvalue weighted by molar-refractivity contribution is 9.10. The maximum atomic E-state index is 6.09. The summed E-state index contributed by atoms with van der Waals surface area (Å²) in [6.07, 6.45) is 0.990. The molecule has 0 saturated heterocycles. The molecule has 1 aliphatic heterocycles. The molecule has 0 saturated carbocycles. The third-order valence-electron chi connectivity index (χ3n) is 4.14. The van der Waals surface area contributed by atoms with Crippen molar-refractivity contribution in [2.75, 3.05) is 11.9 Å². The molecule has 1 N–H and O–H groups in total. The minimum atomic E-state index is 0.746. The number of hydrogen-bond acceptors (Lipinski definition) is 2. The molecule has 116 valence electrons. The van der Waals surface area contributed by atoms with Crippen LogP contribution < -0.4 is 5.32 Å². The lowest BCUT2D eigenvalue weighted by Gasteiger charge is -2.09. The van der Waals surface area contributed by atoms with E-state index in [0.717, 1.165) is 50.8 Å². The number of aromatic nitrogens is 2. The minimum Gasteiger partial charge on any atom is -0.369 e. The summed E-state index contributed by atoms with van der Waals surface area (Å²) in [6, 6.07) is 14.2. The van der Waals surface area contributed by atoms with E-state index in [-0.39, 0.29) is 0 Å². The first-order valence-corrected chi connectivity index (χ1v) is 8.69. The second-order valence-corrected chi connectivity index (χ2v) is 7.06. The first-order valence-electron chi connectivity index (χ1n) is 7.52. The fourth-order valence-electron chi connectivity index (χ4n) is 3.07. The molecule has 3 nitrogen and oxygen atoms in total. The van der Waals surface area contributed by atoms with E-state index in [1.165, 1.54) is 5.56 Å². The molecule has 0 bridgehead atoms. The Labute approximate surface area is 148 Å². The Morgan fingerprint density at radius 1 is 1.22 bits per heavy atom. The van der Waals surface area contributed by atoms with Crippen LogP contribution in [0.1, 0.15) is 11.1 Å². The number of hydrogen-bond donors (Lipinski definition) is 1. The number of nitrogens with one attached hydrogen (secondary N) is 1. The van der Waals surface area contributed by atoms with Gasteiger partial charge >= 0.3 is 0 Å².